The fraction of sp³-hybridized carbons (Fsp3) is 0.889. The van der Waals surface area contributed by atoms with Crippen LogP contribution in [0, 0.1) is 5.92 Å². The maximum Gasteiger partial charge on any atom is 0.409 e. The molecule has 0 spiro atoms. The number of hydrogen-bond donors (Lipinski definition) is 2. The van der Waals surface area contributed by atoms with E-state index in [0.29, 0.717) is 0 Å². The molecule has 2 N–H and O–H groups in total. The van der Waals surface area contributed by atoms with Gasteiger partial charge < -0.3 is 10.4 Å². The van der Waals surface area contributed by atoms with Crippen molar-refractivity contribution in [3.8, 4) is 0 Å². The van der Waals surface area contributed by atoms with Crippen molar-refractivity contribution in [1.82, 2.24) is 5.32 Å². The Labute approximate surface area is 99.2 Å². The minimum absolute atomic E-state index is 0.106. The van der Waals surface area contributed by atoms with Crippen LogP contribution in [0.4, 0.5) is 26.3 Å². The third kappa shape index (κ3) is 5.11. The van der Waals surface area contributed by atoms with Crippen LogP contribution in [-0.4, -0.2) is 36.0 Å². The molecule has 0 saturated heterocycles. The number of halogens is 6. The van der Waals surface area contributed by atoms with Gasteiger partial charge in [-0.15, -0.1) is 0 Å². The second-order valence-corrected chi connectivity index (χ2v) is 3.64. The molecule has 108 valence electrons. The van der Waals surface area contributed by atoms with Crippen LogP contribution in [0.2, 0.25) is 0 Å². The molecule has 0 bridgehead atoms. The first-order valence-electron chi connectivity index (χ1n) is 5.08. The lowest BCUT2D eigenvalue weighted by Crippen LogP contribution is -2.50. The Balaban J connectivity index is 4.89. The Kier molecular flexibility index (Phi) is 5.91. The Bertz CT molecular complexity index is 261. The molecule has 0 aliphatic carbocycles. The number of nitrogens with one attached hydrogen (secondary N) is 1. The van der Waals surface area contributed by atoms with Crippen LogP contribution in [0.3, 0.4) is 0 Å². The molecule has 1 amide bonds. The molecule has 0 aromatic heterocycles. The van der Waals surface area contributed by atoms with Crippen LogP contribution in [-0.2, 0) is 4.79 Å². The maximum atomic E-state index is 12.2. The SMILES string of the molecule is CCC(CCO)NC(=O)C(C(F)(F)F)C(F)(F)F. The number of hydrogen-bond acceptors (Lipinski definition) is 2. The highest BCUT2D eigenvalue weighted by atomic mass is 19.4. The van der Waals surface area contributed by atoms with Crippen molar-refractivity contribution in [2.24, 2.45) is 5.92 Å². The van der Waals surface area contributed by atoms with E-state index in [9.17, 15) is 31.1 Å². The molecular weight excluding hydrogens is 268 g/mol. The van der Waals surface area contributed by atoms with Crippen LogP contribution >= 0.6 is 0 Å². The lowest BCUT2D eigenvalue weighted by molar-refractivity contribution is -0.274. The van der Waals surface area contributed by atoms with Gasteiger partial charge in [0.2, 0.25) is 11.8 Å². The number of aliphatic hydroxyl groups is 1. The Morgan fingerprint density at radius 3 is 1.89 bits per heavy atom. The molecule has 0 aromatic carbocycles. The summed E-state index contributed by atoms with van der Waals surface area (Å²) in [6.07, 6.45) is -11.4. The third-order valence-corrected chi connectivity index (χ3v) is 2.23. The molecule has 0 heterocycles. The molecular formula is C9H13F6NO2. The lowest BCUT2D eigenvalue weighted by atomic mass is 10.1. The first-order valence-corrected chi connectivity index (χ1v) is 5.08. The van der Waals surface area contributed by atoms with Gasteiger partial charge in [0.15, 0.2) is 0 Å². The topological polar surface area (TPSA) is 49.3 Å². The van der Waals surface area contributed by atoms with E-state index in [1.165, 1.54) is 6.92 Å². The molecule has 0 fully saturated rings. The Morgan fingerprint density at radius 1 is 1.17 bits per heavy atom. The highest BCUT2D eigenvalue weighted by Gasteiger charge is 2.61. The molecule has 0 aliphatic rings. The van der Waals surface area contributed by atoms with Crippen LogP contribution < -0.4 is 5.32 Å². The molecule has 0 rings (SSSR count). The quantitative estimate of drug-likeness (QED) is 0.757. The average Bonchev–Trinajstić information content (AvgIpc) is 2.11. The minimum Gasteiger partial charge on any atom is -0.396 e. The van der Waals surface area contributed by atoms with Crippen molar-refractivity contribution >= 4 is 5.91 Å². The van der Waals surface area contributed by atoms with Gasteiger partial charge in [0.1, 0.15) is 0 Å². The van der Waals surface area contributed by atoms with Crippen molar-refractivity contribution in [2.45, 2.75) is 38.2 Å². The van der Waals surface area contributed by atoms with E-state index < -0.39 is 36.8 Å². The largest absolute Gasteiger partial charge is 0.409 e. The summed E-state index contributed by atoms with van der Waals surface area (Å²) in [6.45, 7) is 1.03. The molecule has 0 saturated carbocycles. The summed E-state index contributed by atoms with van der Waals surface area (Å²) in [7, 11) is 0. The second-order valence-electron chi connectivity index (χ2n) is 3.64. The van der Waals surface area contributed by atoms with Gasteiger partial charge in [0.25, 0.3) is 0 Å². The average molecular weight is 281 g/mol. The normalized spacial score (nSPS) is 14.7. The second kappa shape index (κ2) is 6.26. The lowest BCUT2D eigenvalue weighted by Gasteiger charge is -2.24. The summed E-state index contributed by atoms with van der Waals surface area (Å²) in [5.41, 5.74) is 0. The van der Waals surface area contributed by atoms with Crippen LogP contribution in [0.15, 0.2) is 0 Å². The molecule has 0 aromatic rings. The van der Waals surface area contributed by atoms with E-state index >= 15 is 0 Å². The zero-order chi connectivity index (χ0) is 14.6. The fourth-order valence-corrected chi connectivity index (χ4v) is 1.30. The Morgan fingerprint density at radius 2 is 1.61 bits per heavy atom. The summed E-state index contributed by atoms with van der Waals surface area (Å²) in [5, 5.41) is 10.2. The van der Waals surface area contributed by atoms with Crippen molar-refractivity contribution in [3.63, 3.8) is 0 Å². The molecule has 1 atom stereocenters. The number of aliphatic hydroxyl groups excluding tert-OH is 1. The van der Waals surface area contributed by atoms with E-state index in [1.807, 2.05) is 0 Å². The van der Waals surface area contributed by atoms with Gasteiger partial charge >= 0.3 is 12.4 Å². The molecule has 18 heavy (non-hydrogen) atoms. The summed E-state index contributed by atoms with van der Waals surface area (Å²) < 4.78 is 73.1. The van der Waals surface area contributed by atoms with E-state index in [2.05, 4.69) is 0 Å². The van der Waals surface area contributed by atoms with Crippen molar-refractivity contribution < 1.29 is 36.2 Å². The van der Waals surface area contributed by atoms with Gasteiger partial charge in [0, 0.05) is 12.6 Å². The van der Waals surface area contributed by atoms with E-state index in [-0.39, 0.29) is 12.8 Å². The van der Waals surface area contributed by atoms with E-state index in [4.69, 9.17) is 5.11 Å². The van der Waals surface area contributed by atoms with Crippen molar-refractivity contribution in [1.29, 1.82) is 0 Å². The summed E-state index contributed by atoms with van der Waals surface area (Å²) >= 11 is 0. The van der Waals surface area contributed by atoms with Gasteiger partial charge in [-0.05, 0) is 12.8 Å². The predicted octanol–water partition coefficient (Wildman–Crippen LogP) is 2.00. The fourth-order valence-electron chi connectivity index (χ4n) is 1.30. The third-order valence-electron chi connectivity index (χ3n) is 2.23. The number of carbonyl (C=O) groups excluding carboxylic acids is 1. The van der Waals surface area contributed by atoms with Gasteiger partial charge in [0.05, 0.1) is 0 Å². The van der Waals surface area contributed by atoms with E-state index in [0.717, 1.165) is 0 Å². The maximum absolute atomic E-state index is 12.2. The zero-order valence-electron chi connectivity index (χ0n) is 9.40. The van der Waals surface area contributed by atoms with Crippen molar-refractivity contribution in [2.75, 3.05) is 6.61 Å². The summed E-state index contributed by atoms with van der Waals surface area (Å²) in [5.74, 6) is -6.19. The minimum atomic E-state index is -5.69. The zero-order valence-corrected chi connectivity index (χ0v) is 9.40. The van der Waals surface area contributed by atoms with Gasteiger partial charge in [-0.2, -0.15) is 26.3 Å². The molecule has 0 radical (unpaired) electrons. The molecule has 0 aliphatic heterocycles. The van der Waals surface area contributed by atoms with Crippen LogP contribution in [0.1, 0.15) is 19.8 Å². The van der Waals surface area contributed by atoms with Gasteiger partial charge in [-0.25, -0.2) is 0 Å². The highest BCUT2D eigenvalue weighted by molar-refractivity contribution is 5.80. The number of alkyl halides is 6. The van der Waals surface area contributed by atoms with Crippen LogP contribution in [0.5, 0.6) is 0 Å². The molecule has 3 nitrogen and oxygen atoms in total. The first kappa shape index (κ1) is 17.0. The number of carbonyl (C=O) groups is 1. The summed E-state index contributed by atoms with van der Waals surface area (Å²) in [4.78, 5) is 11.0. The smallest absolute Gasteiger partial charge is 0.396 e. The van der Waals surface area contributed by atoms with Crippen LogP contribution in [0.25, 0.3) is 0 Å². The van der Waals surface area contributed by atoms with Crippen molar-refractivity contribution in [3.05, 3.63) is 0 Å². The standard InChI is InChI=1S/C9H13F6NO2/c1-2-5(3-4-17)16-7(18)6(8(10,11)12)9(13,14)15/h5-6,17H,2-4H2,1H3,(H,16,18). The number of amides is 1. The molecule has 9 heteroatoms. The predicted molar refractivity (Wildman–Crippen MR) is 49.5 cm³/mol. The van der Waals surface area contributed by atoms with Gasteiger partial charge in [-0.1, -0.05) is 6.92 Å². The Hall–Kier alpha value is -0.990. The highest BCUT2D eigenvalue weighted by Crippen LogP contribution is 2.39. The monoisotopic (exact) mass is 281 g/mol. The summed E-state index contributed by atoms with van der Waals surface area (Å²) in [6, 6.07) is -0.922. The number of rotatable bonds is 5. The van der Waals surface area contributed by atoms with E-state index in [1.54, 1.807) is 5.32 Å². The first-order chi connectivity index (χ1) is 8.04. The molecule has 1 unspecified atom stereocenters. The van der Waals surface area contributed by atoms with Gasteiger partial charge in [-0.3, -0.25) is 4.79 Å².